The van der Waals surface area contributed by atoms with E-state index in [0.29, 0.717) is 32.9 Å². The third-order valence-corrected chi connectivity index (χ3v) is 5.37. The second kappa shape index (κ2) is 9.11. The van der Waals surface area contributed by atoms with Gasteiger partial charge >= 0.3 is 0 Å². The van der Waals surface area contributed by atoms with E-state index in [4.69, 9.17) is 25.8 Å². The Morgan fingerprint density at radius 2 is 1.69 bits per heavy atom. The Morgan fingerprint density at radius 1 is 1.00 bits per heavy atom. The highest BCUT2D eigenvalue weighted by molar-refractivity contribution is 8.18. The molecule has 1 N–H and O–H groups in total. The lowest BCUT2D eigenvalue weighted by atomic mass is 10.2. The Bertz CT molecular complexity index is 979. The van der Waals surface area contributed by atoms with Gasteiger partial charge in [0.25, 0.3) is 11.1 Å². The van der Waals surface area contributed by atoms with Gasteiger partial charge in [0.05, 0.1) is 37.9 Å². The second-order valence-corrected chi connectivity index (χ2v) is 7.31. The van der Waals surface area contributed by atoms with Gasteiger partial charge in [0.15, 0.2) is 11.5 Å². The van der Waals surface area contributed by atoms with Crippen molar-refractivity contribution in [2.24, 2.45) is 0 Å². The fraction of sp³-hybridized carbons (Fsp3) is 0.200. The molecule has 0 saturated carbocycles. The molecule has 3 rings (SSSR count). The van der Waals surface area contributed by atoms with E-state index in [1.165, 1.54) is 14.2 Å². The second-order valence-electron chi connectivity index (χ2n) is 5.91. The van der Waals surface area contributed by atoms with Crippen molar-refractivity contribution in [3.63, 3.8) is 0 Å². The molecule has 0 atom stereocenters. The maximum Gasteiger partial charge on any atom is 0.295 e. The molecule has 2 aromatic rings. The number of imide groups is 1. The summed E-state index contributed by atoms with van der Waals surface area (Å²) in [5.41, 5.74) is 1.39. The lowest BCUT2D eigenvalue weighted by molar-refractivity contribution is -0.122. The SMILES string of the molecule is COc1ccc(NCN2C(=O)S/C(=C/c3ccc(OC)c(OC)c3)C2=O)cc1Cl. The molecule has 1 aliphatic heterocycles. The lowest BCUT2D eigenvalue weighted by Gasteiger charge is -2.15. The van der Waals surface area contributed by atoms with Crippen molar-refractivity contribution >= 4 is 46.3 Å². The summed E-state index contributed by atoms with van der Waals surface area (Å²) in [5, 5.41) is 3.10. The number of rotatable bonds is 7. The zero-order chi connectivity index (χ0) is 21.0. The minimum Gasteiger partial charge on any atom is -0.495 e. The number of ether oxygens (including phenoxy) is 3. The molecule has 0 bridgehead atoms. The summed E-state index contributed by atoms with van der Waals surface area (Å²) in [6.07, 6.45) is 1.65. The molecule has 0 aliphatic carbocycles. The van der Waals surface area contributed by atoms with Gasteiger partial charge in [0, 0.05) is 5.69 Å². The number of thioether (sulfide) groups is 1. The number of hydrogen-bond acceptors (Lipinski definition) is 7. The molecule has 0 unspecified atom stereocenters. The number of benzene rings is 2. The minimum absolute atomic E-state index is 0.0244. The normalized spacial score (nSPS) is 15.0. The third kappa shape index (κ3) is 4.60. The number of nitrogens with one attached hydrogen (secondary N) is 1. The molecule has 1 saturated heterocycles. The molecule has 7 nitrogen and oxygen atoms in total. The van der Waals surface area contributed by atoms with Crippen molar-refractivity contribution in [3.8, 4) is 17.2 Å². The number of carbonyl (C=O) groups excluding carboxylic acids is 2. The molecule has 1 aliphatic rings. The van der Waals surface area contributed by atoms with Crippen LogP contribution >= 0.6 is 23.4 Å². The largest absolute Gasteiger partial charge is 0.495 e. The molecular formula is C20H19ClN2O5S. The van der Waals surface area contributed by atoms with Crippen LogP contribution in [0.5, 0.6) is 17.2 Å². The van der Waals surface area contributed by atoms with Crippen LogP contribution in [-0.2, 0) is 4.79 Å². The fourth-order valence-corrected chi connectivity index (χ4v) is 3.77. The number of hydrogen-bond donors (Lipinski definition) is 1. The number of anilines is 1. The van der Waals surface area contributed by atoms with Crippen LogP contribution in [0.4, 0.5) is 10.5 Å². The number of methoxy groups -OCH3 is 3. The van der Waals surface area contributed by atoms with Crippen molar-refractivity contribution in [1.82, 2.24) is 4.90 Å². The molecule has 1 heterocycles. The van der Waals surface area contributed by atoms with Gasteiger partial charge in [-0.3, -0.25) is 14.5 Å². The molecule has 2 aromatic carbocycles. The van der Waals surface area contributed by atoms with Crippen LogP contribution in [0, 0.1) is 0 Å². The van der Waals surface area contributed by atoms with E-state index in [0.717, 1.165) is 22.2 Å². The van der Waals surface area contributed by atoms with E-state index >= 15 is 0 Å². The van der Waals surface area contributed by atoms with Gasteiger partial charge in [-0.2, -0.15) is 0 Å². The first-order valence-corrected chi connectivity index (χ1v) is 9.71. The molecule has 2 amide bonds. The standard InChI is InChI=1S/C20H19ClN2O5S/c1-26-15-7-5-13(10-14(15)21)22-11-23-19(24)18(29-20(23)25)9-12-4-6-16(27-2)17(8-12)28-3/h4-10,22H,11H2,1-3H3/b18-9+. The maximum absolute atomic E-state index is 12.7. The average molecular weight is 435 g/mol. The van der Waals surface area contributed by atoms with Gasteiger partial charge in [0.1, 0.15) is 5.75 Å². The van der Waals surface area contributed by atoms with E-state index in [-0.39, 0.29) is 17.8 Å². The predicted molar refractivity (Wildman–Crippen MR) is 114 cm³/mol. The molecule has 0 radical (unpaired) electrons. The highest BCUT2D eigenvalue weighted by Crippen LogP contribution is 2.34. The topological polar surface area (TPSA) is 77.1 Å². The van der Waals surface area contributed by atoms with E-state index in [9.17, 15) is 9.59 Å². The Morgan fingerprint density at radius 3 is 2.34 bits per heavy atom. The highest BCUT2D eigenvalue weighted by atomic mass is 35.5. The molecule has 9 heteroatoms. The summed E-state index contributed by atoms with van der Waals surface area (Å²) >= 11 is 6.98. The van der Waals surface area contributed by atoms with E-state index in [2.05, 4.69) is 5.32 Å². The quantitative estimate of drug-likeness (QED) is 0.644. The highest BCUT2D eigenvalue weighted by Gasteiger charge is 2.34. The Kier molecular flexibility index (Phi) is 6.56. The summed E-state index contributed by atoms with van der Waals surface area (Å²) in [4.78, 5) is 26.4. The van der Waals surface area contributed by atoms with Crippen LogP contribution in [0.15, 0.2) is 41.3 Å². The van der Waals surface area contributed by atoms with Crippen LogP contribution in [0.3, 0.4) is 0 Å². The molecular weight excluding hydrogens is 416 g/mol. The van der Waals surface area contributed by atoms with Crippen LogP contribution in [0.1, 0.15) is 5.56 Å². The van der Waals surface area contributed by atoms with Crippen molar-refractivity contribution in [1.29, 1.82) is 0 Å². The van der Waals surface area contributed by atoms with Gasteiger partial charge in [-0.05, 0) is 53.7 Å². The van der Waals surface area contributed by atoms with Gasteiger partial charge in [-0.15, -0.1) is 0 Å². The molecule has 1 fully saturated rings. The summed E-state index contributed by atoms with van der Waals surface area (Å²) in [7, 11) is 4.61. The molecule has 0 aromatic heterocycles. The fourth-order valence-electron chi connectivity index (χ4n) is 2.68. The van der Waals surface area contributed by atoms with Crippen LogP contribution in [0.2, 0.25) is 5.02 Å². The number of nitrogens with zero attached hydrogens (tertiary/aromatic N) is 1. The van der Waals surface area contributed by atoms with Gasteiger partial charge in [-0.1, -0.05) is 17.7 Å². The average Bonchev–Trinajstić information content (AvgIpc) is 2.99. The lowest BCUT2D eigenvalue weighted by Crippen LogP contribution is -2.33. The number of halogens is 1. The zero-order valence-corrected chi connectivity index (χ0v) is 17.6. The Labute approximate surface area is 177 Å². The van der Waals surface area contributed by atoms with Gasteiger partial charge < -0.3 is 19.5 Å². The van der Waals surface area contributed by atoms with Crippen molar-refractivity contribution in [2.75, 3.05) is 33.3 Å². The Hall–Kier alpha value is -2.84. The van der Waals surface area contributed by atoms with E-state index in [1.54, 1.807) is 49.6 Å². The maximum atomic E-state index is 12.7. The minimum atomic E-state index is -0.373. The molecule has 152 valence electrons. The van der Waals surface area contributed by atoms with Crippen molar-refractivity contribution < 1.29 is 23.8 Å². The summed E-state index contributed by atoms with van der Waals surface area (Å²) in [5.74, 6) is 1.29. The smallest absolute Gasteiger partial charge is 0.295 e. The Balaban J connectivity index is 1.72. The molecule has 29 heavy (non-hydrogen) atoms. The first-order chi connectivity index (χ1) is 14.0. The van der Waals surface area contributed by atoms with Crippen LogP contribution in [-0.4, -0.2) is 44.0 Å². The summed E-state index contributed by atoms with van der Waals surface area (Å²) < 4.78 is 15.6. The monoisotopic (exact) mass is 434 g/mol. The van der Waals surface area contributed by atoms with Crippen LogP contribution in [0.25, 0.3) is 6.08 Å². The summed E-state index contributed by atoms with van der Waals surface area (Å²) in [6.45, 7) is 0.0244. The third-order valence-electron chi connectivity index (χ3n) is 4.17. The van der Waals surface area contributed by atoms with E-state index < -0.39 is 0 Å². The first-order valence-electron chi connectivity index (χ1n) is 8.51. The first kappa shape index (κ1) is 20.9. The van der Waals surface area contributed by atoms with Crippen LogP contribution < -0.4 is 19.5 Å². The number of carbonyl (C=O) groups is 2. The van der Waals surface area contributed by atoms with E-state index in [1.807, 2.05) is 0 Å². The van der Waals surface area contributed by atoms with Crippen molar-refractivity contribution in [2.45, 2.75) is 0 Å². The zero-order valence-electron chi connectivity index (χ0n) is 16.0. The number of amides is 2. The predicted octanol–water partition coefficient (Wildman–Crippen LogP) is 4.47. The van der Waals surface area contributed by atoms with Crippen molar-refractivity contribution in [3.05, 3.63) is 51.9 Å². The summed E-state index contributed by atoms with van der Waals surface area (Å²) in [6, 6.07) is 10.4. The van der Waals surface area contributed by atoms with Gasteiger partial charge in [0.2, 0.25) is 0 Å². The molecule has 0 spiro atoms. The van der Waals surface area contributed by atoms with Gasteiger partial charge in [-0.25, -0.2) is 0 Å².